The summed E-state index contributed by atoms with van der Waals surface area (Å²) in [7, 11) is 0. The average Bonchev–Trinajstić information content (AvgIpc) is 3.72. The van der Waals surface area contributed by atoms with Crippen LogP contribution in [0.3, 0.4) is 0 Å². The molecule has 4 heteroatoms. The molecule has 0 spiro atoms. The molecule has 0 radical (unpaired) electrons. The molecule has 0 bridgehead atoms. The molecule has 0 N–H and O–H groups in total. The first kappa shape index (κ1) is 37.7. The lowest BCUT2D eigenvalue weighted by Gasteiger charge is -2.27. The highest BCUT2D eigenvalue weighted by Gasteiger charge is 2.20. The van der Waals surface area contributed by atoms with E-state index in [1.165, 1.54) is 44.5 Å². The molecule has 0 unspecified atom stereocenters. The number of rotatable bonds is 6. The Morgan fingerprint density at radius 3 is 0.823 bits per heavy atom. The summed E-state index contributed by atoms with van der Waals surface area (Å²) in [5.74, 6) is 0. The summed E-state index contributed by atoms with van der Waals surface area (Å²) in [6, 6.07) is 53.8. The molecule has 11 rings (SSSR count). The lowest BCUT2D eigenvalue weighted by atomic mass is 10.0. The zero-order valence-corrected chi connectivity index (χ0v) is 36.6. The van der Waals surface area contributed by atoms with Gasteiger partial charge >= 0.3 is 0 Å². The topological polar surface area (TPSA) is 32.8 Å². The normalized spacial score (nSPS) is 11.9. The summed E-state index contributed by atoms with van der Waals surface area (Å²) in [4.78, 5) is 4.75. The van der Waals surface area contributed by atoms with Gasteiger partial charge in [-0.05, 0) is 231 Å². The van der Waals surface area contributed by atoms with Crippen LogP contribution in [0.2, 0.25) is 0 Å². The maximum absolute atomic E-state index is 6.71. The van der Waals surface area contributed by atoms with E-state index in [4.69, 9.17) is 8.83 Å². The average molecular weight is 805 g/mol. The van der Waals surface area contributed by atoms with Gasteiger partial charge in [-0.25, -0.2) is 0 Å². The van der Waals surface area contributed by atoms with E-state index in [2.05, 4.69) is 211 Å². The number of nitrogens with zero attached hydrogens (tertiary/aromatic N) is 2. The molecule has 0 amide bonds. The van der Waals surface area contributed by atoms with Crippen molar-refractivity contribution in [3.63, 3.8) is 0 Å². The van der Waals surface area contributed by atoms with Gasteiger partial charge in [-0.1, -0.05) is 36.4 Å². The van der Waals surface area contributed by atoms with E-state index in [9.17, 15) is 0 Å². The molecule has 302 valence electrons. The van der Waals surface area contributed by atoms with Gasteiger partial charge in [0.05, 0.1) is 0 Å². The van der Waals surface area contributed by atoms with Gasteiger partial charge < -0.3 is 18.6 Å². The number of hydrogen-bond donors (Lipinski definition) is 0. The van der Waals surface area contributed by atoms with E-state index in [0.29, 0.717) is 0 Å². The molecule has 9 aromatic carbocycles. The summed E-state index contributed by atoms with van der Waals surface area (Å²) in [5, 5.41) is 8.83. The summed E-state index contributed by atoms with van der Waals surface area (Å²) < 4.78 is 13.4. The second-order valence-electron chi connectivity index (χ2n) is 17.9. The van der Waals surface area contributed by atoms with Crippen molar-refractivity contribution in [2.45, 2.75) is 55.4 Å². The minimum absolute atomic E-state index is 0.853. The summed E-state index contributed by atoms with van der Waals surface area (Å²) in [5.41, 5.74) is 20.2. The van der Waals surface area contributed by atoms with E-state index in [1.54, 1.807) is 0 Å². The second kappa shape index (κ2) is 14.1. The van der Waals surface area contributed by atoms with Gasteiger partial charge in [0.2, 0.25) is 0 Å². The van der Waals surface area contributed by atoms with Crippen molar-refractivity contribution < 1.29 is 8.83 Å². The number of fused-ring (bicyclic) bond motifs is 8. The lowest BCUT2D eigenvalue weighted by molar-refractivity contribution is 0.664. The van der Waals surface area contributed by atoms with Crippen LogP contribution < -0.4 is 9.80 Å². The van der Waals surface area contributed by atoms with Crippen molar-refractivity contribution in [3.8, 4) is 0 Å². The highest BCUT2D eigenvalue weighted by atomic mass is 16.3. The van der Waals surface area contributed by atoms with Crippen LogP contribution >= 0.6 is 0 Å². The largest absolute Gasteiger partial charge is 0.456 e. The van der Waals surface area contributed by atoms with Crippen molar-refractivity contribution in [2.24, 2.45) is 0 Å². The maximum Gasteiger partial charge on any atom is 0.136 e. The molecular weight excluding hydrogens is 757 g/mol. The zero-order chi connectivity index (χ0) is 42.6. The fourth-order valence-electron chi connectivity index (χ4n) is 10.00. The van der Waals surface area contributed by atoms with Crippen molar-refractivity contribution in [1.29, 1.82) is 0 Å². The highest BCUT2D eigenvalue weighted by Crippen LogP contribution is 2.43. The Morgan fingerprint density at radius 2 is 0.516 bits per heavy atom. The monoisotopic (exact) mass is 804 g/mol. The Kier molecular flexibility index (Phi) is 8.59. The van der Waals surface area contributed by atoms with Crippen LogP contribution in [0.25, 0.3) is 65.4 Å². The van der Waals surface area contributed by atoms with Crippen LogP contribution in [0.5, 0.6) is 0 Å². The first-order chi connectivity index (χ1) is 29.9. The highest BCUT2D eigenvalue weighted by molar-refractivity contribution is 6.18. The van der Waals surface area contributed by atoms with Gasteiger partial charge in [0.1, 0.15) is 22.3 Å². The van der Waals surface area contributed by atoms with Crippen LogP contribution in [-0.2, 0) is 0 Å². The summed E-state index contributed by atoms with van der Waals surface area (Å²) in [6.45, 7) is 17.3. The van der Waals surface area contributed by atoms with Gasteiger partial charge in [0.15, 0.2) is 0 Å². The van der Waals surface area contributed by atoms with E-state index < -0.39 is 0 Å². The Bertz CT molecular complexity index is 3220. The minimum Gasteiger partial charge on any atom is -0.456 e. The lowest BCUT2D eigenvalue weighted by Crippen LogP contribution is -2.11. The van der Waals surface area contributed by atoms with Crippen molar-refractivity contribution >= 4 is 99.5 Å². The molecule has 62 heavy (non-hydrogen) atoms. The third kappa shape index (κ3) is 6.55. The predicted molar refractivity (Wildman–Crippen MR) is 263 cm³/mol. The summed E-state index contributed by atoms with van der Waals surface area (Å²) >= 11 is 0. The summed E-state index contributed by atoms with van der Waals surface area (Å²) in [6.07, 6.45) is 0. The SMILES string of the molecule is Cc1cc(C)cc(N(c2cc(C)cc(C)c2)c2ccc3cc4c(cc3c2)oc2cc3c(cc24)oc2cc4cc(N(c5cc(C)cc(C)c5)c5cc(C)cc(C)c5)ccc4cc23)c1. The zero-order valence-electron chi connectivity index (χ0n) is 36.6. The fraction of sp³-hybridized carbons (Fsp3) is 0.138. The molecule has 0 atom stereocenters. The van der Waals surface area contributed by atoms with E-state index in [0.717, 1.165) is 99.5 Å². The molecule has 2 heterocycles. The Balaban J connectivity index is 1.01. The van der Waals surface area contributed by atoms with Crippen molar-refractivity contribution in [3.05, 3.63) is 190 Å². The molecule has 0 aliphatic heterocycles. The Labute approximate surface area is 362 Å². The quantitative estimate of drug-likeness (QED) is 0.168. The third-order valence-corrected chi connectivity index (χ3v) is 12.3. The molecule has 0 fully saturated rings. The molecule has 0 aliphatic rings. The van der Waals surface area contributed by atoms with E-state index >= 15 is 0 Å². The molecule has 2 aromatic heterocycles. The van der Waals surface area contributed by atoms with E-state index in [-0.39, 0.29) is 0 Å². The van der Waals surface area contributed by atoms with Crippen LogP contribution in [0.4, 0.5) is 34.1 Å². The molecule has 4 nitrogen and oxygen atoms in total. The number of aryl methyl sites for hydroxylation is 8. The molecule has 0 aliphatic carbocycles. The van der Waals surface area contributed by atoms with Gasteiger partial charge in [0, 0.05) is 55.7 Å². The van der Waals surface area contributed by atoms with Crippen LogP contribution in [0.1, 0.15) is 44.5 Å². The smallest absolute Gasteiger partial charge is 0.136 e. The number of hydrogen-bond acceptors (Lipinski definition) is 4. The Morgan fingerprint density at radius 1 is 0.242 bits per heavy atom. The first-order valence-corrected chi connectivity index (χ1v) is 21.5. The predicted octanol–water partition coefficient (Wildman–Crippen LogP) is 17.2. The van der Waals surface area contributed by atoms with Crippen LogP contribution in [0, 0.1) is 55.4 Å². The van der Waals surface area contributed by atoms with Crippen LogP contribution in [0.15, 0.2) is 154 Å². The van der Waals surface area contributed by atoms with Crippen molar-refractivity contribution in [2.75, 3.05) is 9.80 Å². The molecule has 0 saturated carbocycles. The van der Waals surface area contributed by atoms with Gasteiger partial charge in [0.25, 0.3) is 0 Å². The maximum atomic E-state index is 6.71. The fourth-order valence-corrected chi connectivity index (χ4v) is 10.00. The van der Waals surface area contributed by atoms with E-state index in [1.807, 2.05) is 0 Å². The standard InChI is InChI=1S/C58H48N2O2/c1-33-13-34(2)18-47(17-33)59(48-19-35(3)14-36(4)20-48)45-11-9-41-27-51-53-31-58-54(32-57(53)61-55(51)29-43(41)25-45)52-28-42-10-12-46(26-44(42)30-56(52)62-58)60(49-21-37(5)15-38(6)22-49)50-23-39(7)16-40(8)24-50/h9-32H,1-8H3. The minimum atomic E-state index is 0.853. The number of benzene rings is 9. The van der Waals surface area contributed by atoms with Crippen molar-refractivity contribution in [1.82, 2.24) is 0 Å². The van der Waals surface area contributed by atoms with Gasteiger partial charge in [-0.2, -0.15) is 0 Å². The van der Waals surface area contributed by atoms with Gasteiger partial charge in [-0.15, -0.1) is 0 Å². The number of anilines is 6. The number of furan rings is 2. The van der Waals surface area contributed by atoms with Gasteiger partial charge in [-0.3, -0.25) is 0 Å². The second-order valence-corrected chi connectivity index (χ2v) is 17.9. The van der Waals surface area contributed by atoms with Crippen LogP contribution in [-0.4, -0.2) is 0 Å². The Hall–Kier alpha value is -7.30. The first-order valence-electron chi connectivity index (χ1n) is 21.5. The third-order valence-electron chi connectivity index (χ3n) is 12.3. The molecule has 0 saturated heterocycles. The molecule has 11 aromatic rings. The molecular formula is C58H48N2O2.